The van der Waals surface area contributed by atoms with Crippen LogP contribution in [0.3, 0.4) is 0 Å². The lowest BCUT2D eigenvalue weighted by Gasteiger charge is -2.08. The molecular weight excluding hydrogens is 160 g/mol. The summed E-state index contributed by atoms with van der Waals surface area (Å²) in [6.45, 7) is 6.45. The Labute approximate surface area is 71.1 Å². The van der Waals surface area contributed by atoms with Gasteiger partial charge in [-0.3, -0.25) is 0 Å². The molecule has 0 aromatic carbocycles. The lowest BCUT2D eigenvalue weighted by Crippen LogP contribution is -2.22. The van der Waals surface area contributed by atoms with Crippen LogP contribution in [-0.2, 0) is 14.3 Å². The molecule has 0 fully saturated rings. The summed E-state index contributed by atoms with van der Waals surface area (Å²) in [5.41, 5.74) is 0. The highest BCUT2D eigenvalue weighted by atomic mass is 16.5. The zero-order valence-corrected chi connectivity index (χ0v) is 6.73. The smallest absolute Gasteiger partial charge is 0.330 e. The van der Waals surface area contributed by atoms with Gasteiger partial charge in [-0.2, -0.15) is 0 Å². The molecule has 0 rings (SSSR count). The van der Waals surface area contributed by atoms with Crippen LogP contribution in [0.15, 0.2) is 25.5 Å². The van der Waals surface area contributed by atoms with E-state index in [0.717, 1.165) is 6.08 Å². The molecule has 0 aliphatic rings. The van der Waals surface area contributed by atoms with Gasteiger partial charge in [-0.15, -0.1) is 0 Å². The molecule has 1 N–H and O–H groups in total. The van der Waals surface area contributed by atoms with Crippen molar-refractivity contribution >= 4 is 5.97 Å². The van der Waals surface area contributed by atoms with E-state index in [1.54, 1.807) is 0 Å². The first kappa shape index (κ1) is 10.7. The van der Waals surface area contributed by atoms with E-state index in [-0.39, 0.29) is 13.2 Å². The first-order valence-electron chi connectivity index (χ1n) is 3.40. The van der Waals surface area contributed by atoms with Crippen LogP contribution in [0.2, 0.25) is 0 Å². The summed E-state index contributed by atoms with van der Waals surface area (Å²) in [6, 6.07) is 0. The highest BCUT2D eigenvalue weighted by molar-refractivity contribution is 5.81. The lowest BCUT2D eigenvalue weighted by atomic mass is 10.4. The summed E-state index contributed by atoms with van der Waals surface area (Å²) in [5.74, 6) is -0.562. The Kier molecular flexibility index (Phi) is 5.73. The molecule has 0 aromatic rings. The normalized spacial score (nSPS) is 11.4. The molecular formula is C8H12O4. The summed E-state index contributed by atoms with van der Waals surface area (Å²) in [4.78, 5) is 10.5. The largest absolute Gasteiger partial charge is 0.499 e. The van der Waals surface area contributed by atoms with Crippen LogP contribution in [-0.4, -0.2) is 30.4 Å². The third-order valence-electron chi connectivity index (χ3n) is 0.991. The van der Waals surface area contributed by atoms with Crippen molar-refractivity contribution in [3.05, 3.63) is 25.5 Å². The summed E-state index contributed by atoms with van der Waals surface area (Å²) < 4.78 is 9.19. The molecule has 0 radical (unpaired) electrons. The molecule has 0 saturated heterocycles. The number of carbonyl (C=O) groups excluding carboxylic acids is 1. The van der Waals surface area contributed by atoms with E-state index in [1.165, 1.54) is 6.26 Å². The zero-order valence-electron chi connectivity index (χ0n) is 6.73. The van der Waals surface area contributed by atoms with Crippen molar-refractivity contribution in [1.29, 1.82) is 0 Å². The predicted molar refractivity (Wildman–Crippen MR) is 43.3 cm³/mol. The minimum Gasteiger partial charge on any atom is -0.499 e. The monoisotopic (exact) mass is 172 g/mol. The standard InChI is InChI=1S/C8H12O4/c1-3-8(10)12-6-7(9)5-11-4-2/h3-4,7,9H,1-2,5-6H2. The summed E-state index contributed by atoms with van der Waals surface area (Å²) in [5, 5.41) is 9.04. The molecule has 0 amide bonds. The molecule has 0 bridgehead atoms. The minimum atomic E-state index is -0.827. The number of hydrogen-bond donors (Lipinski definition) is 1. The molecule has 4 nitrogen and oxygen atoms in total. The van der Waals surface area contributed by atoms with E-state index in [4.69, 9.17) is 5.11 Å². The van der Waals surface area contributed by atoms with E-state index in [2.05, 4.69) is 22.6 Å². The van der Waals surface area contributed by atoms with Gasteiger partial charge in [-0.25, -0.2) is 4.79 Å². The van der Waals surface area contributed by atoms with Crippen molar-refractivity contribution in [3.63, 3.8) is 0 Å². The number of aliphatic hydroxyl groups is 1. The molecule has 0 aliphatic carbocycles. The molecule has 0 heterocycles. The second kappa shape index (κ2) is 6.42. The van der Waals surface area contributed by atoms with Crippen LogP contribution in [0.4, 0.5) is 0 Å². The van der Waals surface area contributed by atoms with Crippen molar-refractivity contribution in [2.75, 3.05) is 13.2 Å². The highest BCUT2D eigenvalue weighted by Crippen LogP contribution is 1.88. The molecule has 0 aliphatic heterocycles. The predicted octanol–water partition coefficient (Wildman–Crippen LogP) is 0.237. The molecule has 0 spiro atoms. The Bertz CT molecular complexity index is 164. The number of carbonyl (C=O) groups is 1. The Hall–Kier alpha value is -1.29. The van der Waals surface area contributed by atoms with Crippen LogP contribution in [0.1, 0.15) is 0 Å². The Balaban J connectivity index is 3.42. The first-order valence-corrected chi connectivity index (χ1v) is 3.40. The number of hydrogen-bond acceptors (Lipinski definition) is 4. The molecule has 12 heavy (non-hydrogen) atoms. The van der Waals surface area contributed by atoms with E-state index in [0.29, 0.717) is 0 Å². The van der Waals surface area contributed by atoms with E-state index in [9.17, 15) is 4.79 Å². The number of ether oxygens (including phenoxy) is 2. The Morgan fingerprint density at radius 2 is 2.17 bits per heavy atom. The van der Waals surface area contributed by atoms with Crippen molar-refractivity contribution in [2.24, 2.45) is 0 Å². The second-order valence-electron chi connectivity index (χ2n) is 1.99. The van der Waals surface area contributed by atoms with Gasteiger partial charge in [-0.1, -0.05) is 13.2 Å². The Morgan fingerprint density at radius 3 is 2.67 bits per heavy atom. The molecule has 1 atom stereocenters. The quantitative estimate of drug-likeness (QED) is 0.354. The van der Waals surface area contributed by atoms with Gasteiger partial charge in [0, 0.05) is 6.08 Å². The van der Waals surface area contributed by atoms with Gasteiger partial charge in [0.2, 0.25) is 0 Å². The van der Waals surface area contributed by atoms with Crippen LogP contribution in [0.5, 0.6) is 0 Å². The van der Waals surface area contributed by atoms with Gasteiger partial charge in [0.15, 0.2) is 0 Å². The average Bonchev–Trinajstić information content (AvgIpc) is 2.10. The third-order valence-corrected chi connectivity index (χ3v) is 0.991. The number of esters is 1. The highest BCUT2D eigenvalue weighted by Gasteiger charge is 2.05. The fraction of sp³-hybridized carbons (Fsp3) is 0.375. The maximum atomic E-state index is 10.5. The van der Waals surface area contributed by atoms with Gasteiger partial charge in [0.05, 0.1) is 6.26 Å². The fourth-order valence-corrected chi connectivity index (χ4v) is 0.464. The topological polar surface area (TPSA) is 55.8 Å². The maximum absolute atomic E-state index is 10.5. The van der Waals surface area contributed by atoms with Crippen LogP contribution < -0.4 is 0 Å². The van der Waals surface area contributed by atoms with Crippen LogP contribution >= 0.6 is 0 Å². The van der Waals surface area contributed by atoms with Gasteiger partial charge in [0.1, 0.15) is 19.3 Å². The van der Waals surface area contributed by atoms with E-state index < -0.39 is 12.1 Å². The van der Waals surface area contributed by atoms with E-state index in [1.807, 2.05) is 0 Å². The van der Waals surface area contributed by atoms with Gasteiger partial charge in [-0.05, 0) is 0 Å². The van der Waals surface area contributed by atoms with Crippen LogP contribution in [0.25, 0.3) is 0 Å². The molecule has 4 heteroatoms. The van der Waals surface area contributed by atoms with E-state index >= 15 is 0 Å². The number of rotatable bonds is 6. The third kappa shape index (κ3) is 5.49. The number of aliphatic hydroxyl groups excluding tert-OH is 1. The average molecular weight is 172 g/mol. The molecule has 0 saturated carbocycles. The summed E-state index contributed by atoms with van der Waals surface area (Å²) >= 11 is 0. The molecule has 1 unspecified atom stereocenters. The first-order chi connectivity index (χ1) is 5.70. The molecule has 68 valence electrons. The second-order valence-corrected chi connectivity index (χ2v) is 1.99. The fourth-order valence-electron chi connectivity index (χ4n) is 0.464. The lowest BCUT2D eigenvalue weighted by molar-refractivity contribution is -0.141. The van der Waals surface area contributed by atoms with Gasteiger partial charge in [0.25, 0.3) is 0 Å². The van der Waals surface area contributed by atoms with Crippen LogP contribution in [0, 0.1) is 0 Å². The summed E-state index contributed by atoms with van der Waals surface area (Å²) in [6.07, 6.45) is 1.41. The minimum absolute atomic E-state index is 0.0634. The van der Waals surface area contributed by atoms with Crippen molar-refractivity contribution in [3.8, 4) is 0 Å². The Morgan fingerprint density at radius 1 is 1.50 bits per heavy atom. The van der Waals surface area contributed by atoms with Gasteiger partial charge < -0.3 is 14.6 Å². The summed E-state index contributed by atoms with van der Waals surface area (Å²) in [7, 11) is 0. The molecule has 0 aromatic heterocycles. The maximum Gasteiger partial charge on any atom is 0.330 e. The van der Waals surface area contributed by atoms with Crippen molar-refractivity contribution in [2.45, 2.75) is 6.10 Å². The van der Waals surface area contributed by atoms with Crippen molar-refractivity contribution in [1.82, 2.24) is 0 Å². The van der Waals surface area contributed by atoms with Crippen molar-refractivity contribution < 1.29 is 19.4 Å². The van der Waals surface area contributed by atoms with Gasteiger partial charge >= 0.3 is 5.97 Å². The zero-order chi connectivity index (χ0) is 9.40. The SMILES string of the molecule is C=COCC(O)COC(=O)C=C.